The molecule has 1 nitrogen and oxygen atoms in total. The Morgan fingerprint density at radius 2 is 1.92 bits per heavy atom. The molecule has 0 spiro atoms. The third-order valence-electron chi connectivity index (χ3n) is 4.28. The lowest BCUT2D eigenvalue weighted by Gasteiger charge is -2.50. The van der Waals surface area contributed by atoms with Crippen LogP contribution in [0.3, 0.4) is 0 Å². The minimum Gasteiger partial charge on any atom is -0.300 e. The van der Waals surface area contributed by atoms with Crippen LogP contribution in [0.15, 0.2) is 0 Å². The largest absolute Gasteiger partial charge is 0.300 e. The Hall–Kier alpha value is -0.0400. The Balaban J connectivity index is 2.14. The quantitative estimate of drug-likeness (QED) is 0.536. The summed E-state index contributed by atoms with van der Waals surface area (Å²) >= 11 is 0. The molecule has 70 valence electrons. The highest BCUT2D eigenvalue weighted by atomic mass is 15.2. The van der Waals surface area contributed by atoms with Gasteiger partial charge in [0.25, 0.3) is 0 Å². The molecule has 1 heteroatoms. The van der Waals surface area contributed by atoms with Crippen molar-refractivity contribution in [2.24, 2.45) is 11.8 Å². The molecule has 2 aliphatic heterocycles. The predicted molar refractivity (Wildman–Crippen MR) is 52.1 cm³/mol. The van der Waals surface area contributed by atoms with E-state index in [-0.39, 0.29) is 0 Å². The number of hydrogen-bond acceptors (Lipinski definition) is 1. The van der Waals surface area contributed by atoms with Gasteiger partial charge in [0.05, 0.1) is 0 Å². The van der Waals surface area contributed by atoms with Gasteiger partial charge in [-0.3, -0.25) is 0 Å². The molecule has 0 aliphatic carbocycles. The fourth-order valence-electron chi connectivity index (χ4n) is 3.18. The van der Waals surface area contributed by atoms with Crippen molar-refractivity contribution in [3.05, 3.63) is 0 Å². The van der Waals surface area contributed by atoms with Crippen LogP contribution in [0.4, 0.5) is 0 Å². The third-order valence-corrected chi connectivity index (χ3v) is 4.28. The van der Waals surface area contributed by atoms with Gasteiger partial charge in [-0.25, -0.2) is 0 Å². The fraction of sp³-hybridized carbons (Fsp3) is 1.00. The van der Waals surface area contributed by atoms with Gasteiger partial charge in [0.2, 0.25) is 0 Å². The van der Waals surface area contributed by atoms with Gasteiger partial charge >= 0.3 is 0 Å². The van der Waals surface area contributed by atoms with E-state index < -0.39 is 0 Å². The Morgan fingerprint density at radius 1 is 1.17 bits per heavy atom. The van der Waals surface area contributed by atoms with E-state index in [2.05, 4.69) is 25.8 Å². The average molecular weight is 167 g/mol. The minimum absolute atomic E-state index is 0.896. The maximum atomic E-state index is 2.65. The van der Waals surface area contributed by atoms with Crippen LogP contribution in [-0.4, -0.2) is 24.0 Å². The minimum atomic E-state index is 0.896. The monoisotopic (exact) mass is 167 g/mol. The number of nitrogens with zero attached hydrogens (tertiary/aromatic N) is 1. The van der Waals surface area contributed by atoms with E-state index in [0.717, 1.165) is 23.9 Å². The molecule has 0 N–H and O–H groups in total. The molecule has 2 aliphatic rings. The Bertz CT molecular complexity index is 162. The lowest BCUT2D eigenvalue weighted by atomic mass is 9.73. The summed E-state index contributed by atoms with van der Waals surface area (Å²) in [4.78, 5) is 2.65. The molecule has 0 amide bonds. The van der Waals surface area contributed by atoms with Gasteiger partial charge in [0.15, 0.2) is 0 Å². The number of rotatable bonds is 0. The molecule has 0 aromatic rings. The lowest BCUT2D eigenvalue weighted by Crippen LogP contribution is -2.53. The molecule has 2 rings (SSSR count). The van der Waals surface area contributed by atoms with Gasteiger partial charge < -0.3 is 4.90 Å². The molecule has 0 saturated carbocycles. The van der Waals surface area contributed by atoms with Gasteiger partial charge in [0.1, 0.15) is 0 Å². The van der Waals surface area contributed by atoms with E-state index in [1.165, 1.54) is 25.7 Å². The van der Waals surface area contributed by atoms with Crippen LogP contribution in [0.2, 0.25) is 0 Å². The molecule has 12 heavy (non-hydrogen) atoms. The molecule has 4 atom stereocenters. The summed E-state index contributed by atoms with van der Waals surface area (Å²) in [6.45, 7) is 4.87. The fourth-order valence-corrected chi connectivity index (χ4v) is 3.18. The third kappa shape index (κ3) is 1.19. The van der Waals surface area contributed by atoms with Crippen LogP contribution in [0.5, 0.6) is 0 Å². The Morgan fingerprint density at radius 3 is 2.67 bits per heavy atom. The molecule has 2 heterocycles. The molecular weight excluding hydrogens is 146 g/mol. The first-order chi connectivity index (χ1) is 5.70. The van der Waals surface area contributed by atoms with Crippen molar-refractivity contribution in [1.29, 1.82) is 0 Å². The van der Waals surface area contributed by atoms with E-state index in [1.54, 1.807) is 0 Å². The molecule has 0 aromatic heterocycles. The number of fused-ring (bicyclic) bond motifs is 2. The van der Waals surface area contributed by atoms with Crippen LogP contribution in [-0.2, 0) is 0 Å². The molecule has 2 fully saturated rings. The highest BCUT2D eigenvalue weighted by molar-refractivity contribution is 4.93. The average Bonchev–Trinajstić information content (AvgIpc) is 2.04. The first kappa shape index (κ1) is 8.55. The van der Waals surface area contributed by atoms with Crippen molar-refractivity contribution in [3.63, 3.8) is 0 Å². The van der Waals surface area contributed by atoms with Crippen molar-refractivity contribution in [2.75, 3.05) is 7.05 Å². The van der Waals surface area contributed by atoms with E-state index in [0.29, 0.717) is 0 Å². The maximum absolute atomic E-state index is 2.65. The summed E-state index contributed by atoms with van der Waals surface area (Å²) in [7, 11) is 2.33. The van der Waals surface area contributed by atoms with E-state index >= 15 is 0 Å². The van der Waals surface area contributed by atoms with Gasteiger partial charge in [-0.05, 0) is 38.1 Å². The van der Waals surface area contributed by atoms with E-state index in [1.807, 2.05) is 0 Å². The van der Waals surface area contributed by atoms with E-state index in [4.69, 9.17) is 0 Å². The van der Waals surface area contributed by atoms with Gasteiger partial charge in [-0.1, -0.05) is 20.3 Å². The summed E-state index contributed by atoms with van der Waals surface area (Å²) in [5.41, 5.74) is 0. The van der Waals surface area contributed by atoms with Crippen LogP contribution in [0.25, 0.3) is 0 Å². The lowest BCUT2D eigenvalue weighted by molar-refractivity contribution is -0.000864. The van der Waals surface area contributed by atoms with Crippen molar-refractivity contribution < 1.29 is 0 Å². The van der Waals surface area contributed by atoms with Crippen molar-refractivity contribution in [3.8, 4) is 0 Å². The zero-order valence-electron chi connectivity index (χ0n) is 8.59. The van der Waals surface area contributed by atoms with Crippen molar-refractivity contribution >= 4 is 0 Å². The highest BCUT2D eigenvalue weighted by Crippen LogP contribution is 2.39. The predicted octanol–water partition coefficient (Wildman–Crippen LogP) is 2.52. The van der Waals surface area contributed by atoms with Crippen LogP contribution < -0.4 is 0 Å². The molecule has 2 bridgehead atoms. The SMILES string of the molecule is CC1CC2CCCC(C1C)N2C. The molecule has 0 aromatic carbocycles. The summed E-state index contributed by atoms with van der Waals surface area (Å²) in [6, 6.07) is 1.81. The molecule has 0 radical (unpaired) electrons. The van der Waals surface area contributed by atoms with E-state index in [9.17, 15) is 0 Å². The zero-order valence-corrected chi connectivity index (χ0v) is 8.59. The Labute approximate surface area is 76.1 Å². The van der Waals surface area contributed by atoms with Crippen molar-refractivity contribution in [1.82, 2.24) is 4.90 Å². The van der Waals surface area contributed by atoms with Crippen molar-refractivity contribution in [2.45, 2.75) is 51.6 Å². The summed E-state index contributed by atoms with van der Waals surface area (Å²) in [6.07, 6.45) is 5.80. The Kier molecular flexibility index (Phi) is 2.16. The molecule has 2 saturated heterocycles. The molecular formula is C11H21N. The van der Waals surface area contributed by atoms with Crippen LogP contribution >= 0.6 is 0 Å². The molecule has 4 unspecified atom stereocenters. The van der Waals surface area contributed by atoms with Gasteiger partial charge in [-0.15, -0.1) is 0 Å². The smallest absolute Gasteiger partial charge is 0.0123 e. The first-order valence-electron chi connectivity index (χ1n) is 5.42. The standard InChI is InChI=1S/C11H21N/c1-8-7-10-5-4-6-11(9(8)2)12(10)3/h8-11H,4-7H2,1-3H3. The summed E-state index contributed by atoms with van der Waals surface area (Å²) < 4.78 is 0. The first-order valence-corrected chi connectivity index (χ1v) is 5.42. The number of hydrogen-bond donors (Lipinski definition) is 0. The van der Waals surface area contributed by atoms with Crippen LogP contribution in [0, 0.1) is 11.8 Å². The second-order valence-electron chi connectivity index (χ2n) is 4.89. The zero-order chi connectivity index (χ0) is 8.72. The van der Waals surface area contributed by atoms with Gasteiger partial charge in [-0.2, -0.15) is 0 Å². The normalized spacial score (nSPS) is 49.2. The van der Waals surface area contributed by atoms with Gasteiger partial charge in [0, 0.05) is 12.1 Å². The summed E-state index contributed by atoms with van der Waals surface area (Å²) in [5, 5.41) is 0. The second-order valence-corrected chi connectivity index (χ2v) is 4.89. The topological polar surface area (TPSA) is 3.24 Å². The second kappa shape index (κ2) is 3.02. The maximum Gasteiger partial charge on any atom is 0.0123 e. The highest BCUT2D eigenvalue weighted by Gasteiger charge is 2.38. The van der Waals surface area contributed by atoms with Crippen LogP contribution in [0.1, 0.15) is 39.5 Å². The number of piperidine rings is 2. The summed E-state index contributed by atoms with van der Waals surface area (Å²) in [5.74, 6) is 1.88.